The van der Waals surface area contributed by atoms with E-state index in [0.717, 1.165) is 19.3 Å². The van der Waals surface area contributed by atoms with Crippen LogP contribution < -0.4 is 0 Å². The van der Waals surface area contributed by atoms with E-state index in [4.69, 9.17) is 14.2 Å². The topological polar surface area (TPSA) is 99.1 Å². The number of fused-ring (bicyclic) bond motifs is 5. The molecule has 1 aliphatic heterocycles. The van der Waals surface area contributed by atoms with Crippen LogP contribution in [0.3, 0.4) is 0 Å². The van der Waals surface area contributed by atoms with Crippen molar-refractivity contribution in [1.82, 2.24) is 0 Å². The summed E-state index contributed by atoms with van der Waals surface area (Å²) in [5.74, 6) is -1.67. The van der Waals surface area contributed by atoms with Gasteiger partial charge in [-0.2, -0.15) is 0 Å². The molecule has 7 nitrogen and oxygen atoms in total. The van der Waals surface area contributed by atoms with E-state index in [0.29, 0.717) is 6.42 Å². The molecule has 7 heteroatoms. The van der Waals surface area contributed by atoms with Crippen molar-refractivity contribution in [1.29, 1.82) is 0 Å². The number of rotatable bonds is 2. The van der Waals surface area contributed by atoms with Crippen LogP contribution in [0.1, 0.15) is 67.2 Å². The van der Waals surface area contributed by atoms with Crippen molar-refractivity contribution in [2.24, 2.45) is 28.1 Å². The Labute approximate surface area is 183 Å². The van der Waals surface area contributed by atoms with E-state index in [1.807, 2.05) is 6.92 Å². The maximum atomic E-state index is 12.6. The third kappa shape index (κ3) is 2.91. The van der Waals surface area contributed by atoms with Gasteiger partial charge >= 0.3 is 17.9 Å². The molecule has 7 unspecified atom stereocenters. The van der Waals surface area contributed by atoms with Crippen molar-refractivity contribution in [2.45, 2.75) is 85.0 Å². The number of cyclic esters (lactones) is 1. The van der Waals surface area contributed by atoms with Gasteiger partial charge in [-0.05, 0) is 42.1 Å². The molecular weight excluding hydrogens is 400 g/mol. The van der Waals surface area contributed by atoms with Crippen molar-refractivity contribution in [3.05, 3.63) is 11.6 Å². The normalized spacial score (nSPS) is 45.4. The van der Waals surface area contributed by atoms with Gasteiger partial charge in [0.2, 0.25) is 0 Å². The molecule has 3 aliphatic carbocycles. The number of aliphatic hydroxyl groups is 1. The highest BCUT2D eigenvalue weighted by atomic mass is 16.6. The van der Waals surface area contributed by atoms with Gasteiger partial charge in [-0.3, -0.25) is 9.59 Å². The van der Waals surface area contributed by atoms with Gasteiger partial charge in [0, 0.05) is 25.2 Å². The van der Waals surface area contributed by atoms with Crippen LogP contribution >= 0.6 is 0 Å². The Morgan fingerprint density at radius 1 is 1.10 bits per heavy atom. The average Bonchev–Trinajstić information content (AvgIpc) is 2.92. The van der Waals surface area contributed by atoms with Crippen LogP contribution in [-0.2, 0) is 28.6 Å². The zero-order chi connectivity index (χ0) is 23.0. The lowest BCUT2D eigenvalue weighted by Gasteiger charge is -2.68. The molecule has 0 aromatic heterocycles. The number of hydrogen-bond acceptors (Lipinski definition) is 7. The smallest absolute Gasteiger partial charge is 0.337 e. The molecule has 0 aromatic rings. The van der Waals surface area contributed by atoms with E-state index >= 15 is 0 Å². The van der Waals surface area contributed by atoms with E-state index in [-0.39, 0.29) is 34.8 Å². The minimum atomic E-state index is -1.62. The maximum absolute atomic E-state index is 12.6. The molecule has 0 spiro atoms. The second-order valence-electron chi connectivity index (χ2n) is 11.1. The number of carbonyl (C=O) groups excluding carboxylic acids is 3. The summed E-state index contributed by atoms with van der Waals surface area (Å²) in [6.45, 7) is 11.1. The van der Waals surface area contributed by atoms with Crippen molar-refractivity contribution in [2.75, 3.05) is 6.61 Å². The van der Waals surface area contributed by atoms with Gasteiger partial charge in [-0.25, -0.2) is 4.79 Å². The average molecular weight is 435 g/mol. The summed E-state index contributed by atoms with van der Waals surface area (Å²) in [7, 11) is 0. The summed E-state index contributed by atoms with van der Waals surface area (Å²) in [5.41, 5.74) is -2.89. The Morgan fingerprint density at radius 2 is 1.74 bits per heavy atom. The van der Waals surface area contributed by atoms with Crippen LogP contribution in [0.2, 0.25) is 0 Å². The molecule has 1 saturated heterocycles. The molecule has 0 radical (unpaired) electrons. The summed E-state index contributed by atoms with van der Waals surface area (Å²) in [6, 6.07) is 0. The van der Waals surface area contributed by atoms with Gasteiger partial charge < -0.3 is 19.3 Å². The fourth-order valence-electron chi connectivity index (χ4n) is 7.78. The fourth-order valence-corrected chi connectivity index (χ4v) is 7.78. The molecule has 0 bridgehead atoms. The van der Waals surface area contributed by atoms with Crippen LogP contribution in [0.25, 0.3) is 0 Å². The summed E-state index contributed by atoms with van der Waals surface area (Å²) >= 11 is 0. The van der Waals surface area contributed by atoms with Crippen molar-refractivity contribution in [3.8, 4) is 0 Å². The minimum absolute atomic E-state index is 0.0118. The Morgan fingerprint density at radius 3 is 2.35 bits per heavy atom. The lowest BCUT2D eigenvalue weighted by molar-refractivity contribution is -0.268. The first-order valence-electron chi connectivity index (χ1n) is 11.2. The van der Waals surface area contributed by atoms with Gasteiger partial charge in [0.1, 0.15) is 24.4 Å². The maximum Gasteiger partial charge on any atom is 0.337 e. The Hall–Kier alpha value is -1.89. The summed E-state index contributed by atoms with van der Waals surface area (Å²) < 4.78 is 17.0. The molecule has 2 saturated carbocycles. The molecular formula is C24H34O7. The Bertz CT molecular complexity index is 860. The highest BCUT2D eigenvalue weighted by molar-refractivity contribution is 5.94. The summed E-state index contributed by atoms with van der Waals surface area (Å²) in [4.78, 5) is 36.8. The summed E-state index contributed by atoms with van der Waals surface area (Å²) in [6.07, 6.45) is 3.77. The molecule has 172 valence electrons. The van der Waals surface area contributed by atoms with Crippen molar-refractivity contribution >= 4 is 17.9 Å². The third-order valence-electron chi connectivity index (χ3n) is 8.99. The fraction of sp³-hybridized carbons (Fsp3) is 0.792. The number of esters is 3. The van der Waals surface area contributed by atoms with Gasteiger partial charge in [0.15, 0.2) is 0 Å². The predicted molar refractivity (Wildman–Crippen MR) is 111 cm³/mol. The molecule has 1 heterocycles. The third-order valence-corrected chi connectivity index (χ3v) is 8.99. The van der Waals surface area contributed by atoms with Gasteiger partial charge in [0.25, 0.3) is 0 Å². The van der Waals surface area contributed by atoms with Gasteiger partial charge in [-0.1, -0.05) is 34.1 Å². The van der Waals surface area contributed by atoms with Crippen LogP contribution in [0.15, 0.2) is 11.6 Å². The number of carbonyl (C=O) groups is 3. The Kier molecular flexibility index (Phi) is 4.90. The first kappa shape index (κ1) is 22.3. The van der Waals surface area contributed by atoms with E-state index < -0.39 is 41.1 Å². The standard InChI is InChI=1S/C24H34O7/c1-13(25)30-16-10-15-20(27)29-12-24(15,28)23(6)18(31-14(2)26)11-17-21(3,4)8-7-9-22(17,5)19(16)23/h10,16-19,28H,7-9,11-12H2,1-6H3. The highest BCUT2D eigenvalue weighted by Crippen LogP contribution is 2.70. The molecule has 4 aliphatic rings. The largest absolute Gasteiger partial charge is 0.462 e. The molecule has 31 heavy (non-hydrogen) atoms. The van der Waals surface area contributed by atoms with Crippen LogP contribution in [0.5, 0.6) is 0 Å². The second kappa shape index (κ2) is 6.80. The first-order valence-corrected chi connectivity index (χ1v) is 11.2. The monoisotopic (exact) mass is 434 g/mol. The summed E-state index contributed by atoms with van der Waals surface area (Å²) in [5, 5.41) is 12.0. The van der Waals surface area contributed by atoms with Crippen LogP contribution in [-0.4, -0.2) is 47.4 Å². The van der Waals surface area contributed by atoms with Gasteiger partial charge in [-0.15, -0.1) is 0 Å². The lowest BCUT2D eigenvalue weighted by atomic mass is 9.38. The predicted octanol–water partition coefficient (Wildman–Crippen LogP) is 2.94. The number of ether oxygens (including phenoxy) is 3. The molecule has 0 aromatic carbocycles. The van der Waals surface area contributed by atoms with Crippen LogP contribution in [0.4, 0.5) is 0 Å². The van der Waals surface area contributed by atoms with Gasteiger partial charge in [0.05, 0.1) is 5.57 Å². The molecule has 0 amide bonds. The van der Waals surface area contributed by atoms with E-state index in [1.54, 1.807) is 6.08 Å². The van der Waals surface area contributed by atoms with Crippen molar-refractivity contribution in [3.63, 3.8) is 0 Å². The van der Waals surface area contributed by atoms with E-state index in [9.17, 15) is 19.5 Å². The first-order chi connectivity index (χ1) is 14.3. The minimum Gasteiger partial charge on any atom is -0.462 e. The molecule has 1 N–H and O–H groups in total. The highest BCUT2D eigenvalue weighted by Gasteiger charge is 2.75. The zero-order valence-corrected chi connectivity index (χ0v) is 19.3. The zero-order valence-electron chi connectivity index (χ0n) is 19.3. The quantitative estimate of drug-likeness (QED) is 0.527. The van der Waals surface area contributed by atoms with E-state index in [1.165, 1.54) is 13.8 Å². The van der Waals surface area contributed by atoms with E-state index in [2.05, 4.69) is 20.8 Å². The Balaban J connectivity index is 1.97. The lowest BCUT2D eigenvalue weighted by Crippen LogP contribution is -2.72. The molecule has 3 fully saturated rings. The number of hydrogen-bond donors (Lipinski definition) is 1. The van der Waals surface area contributed by atoms with Crippen LogP contribution in [0, 0.1) is 28.1 Å². The molecule has 7 atom stereocenters. The van der Waals surface area contributed by atoms with Crippen molar-refractivity contribution < 1.29 is 33.7 Å². The second-order valence-corrected chi connectivity index (χ2v) is 11.1. The molecule has 4 rings (SSSR count). The SMILES string of the molecule is CC(=O)OC1C=C2C(=O)OCC2(O)C2(C)C(OC(C)=O)CC3C(C)(C)CCCC3(C)C12.